The van der Waals surface area contributed by atoms with E-state index in [1.54, 1.807) is 0 Å². The van der Waals surface area contributed by atoms with E-state index in [2.05, 4.69) is 48.5 Å². The minimum Gasteiger partial charge on any atom is -0.0622 e. The predicted octanol–water partition coefficient (Wildman–Crippen LogP) is 6.41. The van der Waals surface area contributed by atoms with Crippen molar-refractivity contribution in [2.45, 2.75) is 9.79 Å². The summed E-state index contributed by atoms with van der Waals surface area (Å²) in [6.07, 6.45) is 0. The van der Waals surface area contributed by atoms with Crippen LogP contribution in [0.5, 0.6) is 0 Å². The molecular weight excluding hydrogens is 304 g/mol. The molecule has 0 nitrogen and oxygen atoms in total. The summed E-state index contributed by atoms with van der Waals surface area (Å²) in [6.45, 7) is 0. The highest BCUT2D eigenvalue weighted by Crippen LogP contribution is 2.60. The van der Waals surface area contributed by atoms with Crippen molar-refractivity contribution < 1.29 is 0 Å². The predicted molar refractivity (Wildman–Crippen MR) is 86.4 cm³/mol. The molecule has 0 bridgehead atoms. The first-order valence-electron chi connectivity index (χ1n) is 4.98. The molecule has 0 N–H and O–H groups in total. The third-order valence-corrected chi connectivity index (χ3v) is 10.9. The molecule has 0 unspecified atom stereocenters. The monoisotopic (exact) mass is 312 g/mol. The second-order valence-electron chi connectivity index (χ2n) is 3.37. The van der Waals surface area contributed by atoms with E-state index in [4.69, 9.17) is 0 Å². The molecule has 2 aromatic carbocycles. The van der Waals surface area contributed by atoms with Crippen LogP contribution in [0.15, 0.2) is 58.3 Å². The maximum absolute atomic E-state index is 2.21. The Hall–Kier alpha value is 0.190. The average Bonchev–Trinajstić information content (AvgIpc) is 2.64. The van der Waals surface area contributed by atoms with E-state index in [9.17, 15) is 0 Å². The van der Waals surface area contributed by atoms with Gasteiger partial charge in [0.2, 0.25) is 0 Å². The van der Waals surface area contributed by atoms with Crippen molar-refractivity contribution in [2.75, 3.05) is 0 Å². The summed E-state index contributed by atoms with van der Waals surface area (Å²) >= 11 is 0. The first-order chi connectivity index (χ1) is 8.45. The summed E-state index contributed by atoms with van der Waals surface area (Å²) in [5.41, 5.74) is 2.64. The highest BCUT2D eigenvalue weighted by Gasteiger charge is 2.15. The van der Waals surface area contributed by atoms with E-state index >= 15 is 0 Å². The molecule has 1 heterocycles. The van der Waals surface area contributed by atoms with Gasteiger partial charge in [-0.1, -0.05) is 42.5 Å². The van der Waals surface area contributed by atoms with Crippen LogP contribution in [0, 0.1) is 0 Å². The van der Waals surface area contributed by atoms with Crippen molar-refractivity contribution in [1.29, 1.82) is 0 Å². The highest BCUT2D eigenvalue weighted by atomic mass is 33.8. The molecule has 1 aliphatic rings. The molecular formula is C12H8S5. The Labute approximate surface area is 120 Å². The van der Waals surface area contributed by atoms with Crippen LogP contribution in [0.2, 0.25) is 0 Å². The molecule has 0 spiro atoms. The Balaban J connectivity index is 2.11. The van der Waals surface area contributed by atoms with Gasteiger partial charge in [0.15, 0.2) is 0 Å². The first kappa shape index (κ1) is 12.2. The maximum Gasteiger partial charge on any atom is 0.0414 e. The van der Waals surface area contributed by atoms with E-state index in [0.29, 0.717) is 0 Å². The summed E-state index contributed by atoms with van der Waals surface area (Å²) in [7, 11) is 9.24. The summed E-state index contributed by atoms with van der Waals surface area (Å²) in [5, 5.41) is 0. The summed E-state index contributed by atoms with van der Waals surface area (Å²) in [6, 6.07) is 17.2. The van der Waals surface area contributed by atoms with Gasteiger partial charge in [-0.3, -0.25) is 0 Å². The number of hydrogen-bond acceptors (Lipinski definition) is 5. The lowest BCUT2D eigenvalue weighted by atomic mass is 10.1. The Morgan fingerprint density at radius 1 is 0.647 bits per heavy atom. The number of fused-ring (bicyclic) bond motifs is 1. The van der Waals surface area contributed by atoms with Gasteiger partial charge in [-0.05, 0) is 68.3 Å². The van der Waals surface area contributed by atoms with E-state index in [1.807, 2.05) is 51.1 Å². The molecule has 0 saturated carbocycles. The van der Waals surface area contributed by atoms with Gasteiger partial charge in [-0.25, -0.2) is 0 Å². The molecule has 2 aromatic rings. The standard InChI is InChI=1S/C12H8S5/c1-2-5-9(6-3-1)10-7-4-8-11-12(10)14-16-17-15-13-11/h1-8H. The van der Waals surface area contributed by atoms with Crippen molar-refractivity contribution in [2.24, 2.45) is 0 Å². The van der Waals surface area contributed by atoms with Crippen LogP contribution in [-0.2, 0) is 0 Å². The molecule has 5 heteroatoms. The van der Waals surface area contributed by atoms with E-state index in [-0.39, 0.29) is 0 Å². The minimum absolute atomic E-state index is 1.30. The van der Waals surface area contributed by atoms with E-state index in [0.717, 1.165) is 0 Å². The Kier molecular flexibility index (Phi) is 4.24. The largest absolute Gasteiger partial charge is 0.0622 e. The van der Waals surface area contributed by atoms with Crippen LogP contribution in [0.3, 0.4) is 0 Å². The molecule has 0 aliphatic carbocycles. The SMILES string of the molecule is c1ccc(-c2cccc3c2SSSSS3)cc1. The van der Waals surface area contributed by atoms with Crippen molar-refractivity contribution >= 4 is 51.1 Å². The van der Waals surface area contributed by atoms with Gasteiger partial charge in [-0.2, -0.15) is 0 Å². The Morgan fingerprint density at radius 2 is 1.47 bits per heavy atom. The number of benzene rings is 2. The molecule has 0 radical (unpaired) electrons. The van der Waals surface area contributed by atoms with Gasteiger partial charge in [0.1, 0.15) is 0 Å². The van der Waals surface area contributed by atoms with Gasteiger partial charge in [0.05, 0.1) is 0 Å². The molecule has 3 rings (SSSR count). The molecule has 1 aliphatic heterocycles. The van der Waals surface area contributed by atoms with Crippen LogP contribution in [-0.4, -0.2) is 0 Å². The van der Waals surface area contributed by atoms with E-state index < -0.39 is 0 Å². The minimum atomic E-state index is 1.30. The van der Waals surface area contributed by atoms with Crippen LogP contribution in [0.25, 0.3) is 11.1 Å². The summed E-state index contributed by atoms with van der Waals surface area (Å²) in [4.78, 5) is 2.77. The third-order valence-electron chi connectivity index (χ3n) is 2.36. The fourth-order valence-electron chi connectivity index (χ4n) is 1.62. The van der Waals surface area contributed by atoms with Crippen LogP contribution in [0.1, 0.15) is 0 Å². The third kappa shape index (κ3) is 2.79. The highest BCUT2D eigenvalue weighted by molar-refractivity contribution is 9.36. The lowest BCUT2D eigenvalue weighted by Crippen LogP contribution is -1.82. The topological polar surface area (TPSA) is 0 Å². The normalized spacial score (nSPS) is 15.1. The van der Waals surface area contributed by atoms with Crippen LogP contribution < -0.4 is 0 Å². The van der Waals surface area contributed by atoms with E-state index in [1.165, 1.54) is 20.9 Å². The van der Waals surface area contributed by atoms with Gasteiger partial charge in [-0.15, -0.1) is 0 Å². The smallest absolute Gasteiger partial charge is 0.0414 e. The van der Waals surface area contributed by atoms with Gasteiger partial charge < -0.3 is 0 Å². The quantitative estimate of drug-likeness (QED) is 0.556. The molecule has 0 aromatic heterocycles. The van der Waals surface area contributed by atoms with Crippen molar-refractivity contribution in [3.8, 4) is 11.1 Å². The van der Waals surface area contributed by atoms with Crippen LogP contribution >= 0.6 is 51.1 Å². The fraction of sp³-hybridized carbons (Fsp3) is 0. The zero-order valence-corrected chi connectivity index (χ0v) is 12.7. The summed E-state index contributed by atoms with van der Waals surface area (Å²) < 4.78 is 0. The second-order valence-corrected chi connectivity index (χ2v) is 10.9. The molecule has 86 valence electrons. The Morgan fingerprint density at radius 3 is 2.35 bits per heavy atom. The van der Waals surface area contributed by atoms with Crippen LogP contribution in [0.4, 0.5) is 0 Å². The lowest BCUT2D eigenvalue weighted by molar-refractivity contribution is 1.27. The van der Waals surface area contributed by atoms with Crippen molar-refractivity contribution in [3.63, 3.8) is 0 Å². The number of hydrogen-bond donors (Lipinski definition) is 0. The molecule has 17 heavy (non-hydrogen) atoms. The second kappa shape index (κ2) is 5.89. The van der Waals surface area contributed by atoms with Crippen molar-refractivity contribution in [1.82, 2.24) is 0 Å². The average molecular weight is 313 g/mol. The molecule has 0 saturated heterocycles. The molecule has 0 amide bonds. The molecule has 0 fully saturated rings. The maximum atomic E-state index is 2.21. The number of rotatable bonds is 1. The zero-order chi connectivity index (χ0) is 11.5. The summed E-state index contributed by atoms with van der Waals surface area (Å²) in [5.74, 6) is 0. The van der Waals surface area contributed by atoms with Crippen molar-refractivity contribution in [3.05, 3.63) is 48.5 Å². The Bertz CT molecular complexity index is 512. The van der Waals surface area contributed by atoms with Gasteiger partial charge in [0.25, 0.3) is 0 Å². The lowest BCUT2D eigenvalue weighted by Gasteiger charge is -2.09. The fourth-order valence-corrected chi connectivity index (χ4v) is 10.7. The van der Waals surface area contributed by atoms with Gasteiger partial charge >= 0.3 is 0 Å². The van der Waals surface area contributed by atoms with Gasteiger partial charge in [0, 0.05) is 9.79 Å². The molecule has 0 atom stereocenters. The first-order valence-corrected chi connectivity index (χ1v) is 11.1. The zero-order valence-electron chi connectivity index (χ0n) is 8.66.